The van der Waals surface area contributed by atoms with Crippen LogP contribution in [0.1, 0.15) is 6.92 Å². The second-order valence-corrected chi connectivity index (χ2v) is 5.92. The molecule has 130 valence electrons. The van der Waals surface area contributed by atoms with Crippen LogP contribution >= 0.6 is 12.6 Å². The van der Waals surface area contributed by atoms with Crippen LogP contribution in [0.5, 0.6) is 5.75 Å². The van der Waals surface area contributed by atoms with Gasteiger partial charge in [0.25, 0.3) is 0 Å². The minimum absolute atomic E-state index is 0.537. The Kier molecular flexibility index (Phi) is 6.65. The second-order valence-electron chi connectivity index (χ2n) is 5.14. The number of carbonyl (C=O) groups is 1. The van der Waals surface area contributed by atoms with Gasteiger partial charge >= 0.3 is 5.97 Å². The molecule has 1 heterocycles. The molecule has 1 aromatic heterocycles. The fourth-order valence-electron chi connectivity index (χ4n) is 2.02. The first-order valence-corrected chi connectivity index (χ1v) is 8.08. The van der Waals surface area contributed by atoms with Gasteiger partial charge in [-0.3, -0.25) is 4.79 Å². The highest BCUT2D eigenvalue weighted by Gasteiger charge is 2.12. The van der Waals surface area contributed by atoms with Crippen LogP contribution < -0.4 is 4.74 Å². The first-order chi connectivity index (χ1) is 12.0. The average molecular weight is 357 g/mol. The van der Waals surface area contributed by atoms with Crippen LogP contribution in [0, 0.1) is 0 Å². The van der Waals surface area contributed by atoms with Crippen LogP contribution in [0.4, 0.5) is 0 Å². The van der Waals surface area contributed by atoms with Crippen LogP contribution in [-0.2, 0) is 4.79 Å². The summed E-state index contributed by atoms with van der Waals surface area (Å²) in [5.41, 5.74) is 2.81. The minimum Gasteiger partial charge on any atom is -0.497 e. The van der Waals surface area contributed by atoms with E-state index in [4.69, 9.17) is 14.3 Å². The molecule has 25 heavy (non-hydrogen) atoms. The summed E-state index contributed by atoms with van der Waals surface area (Å²) >= 11 is 3.59. The van der Waals surface area contributed by atoms with Gasteiger partial charge in [0.1, 0.15) is 11.4 Å². The molecule has 0 fully saturated rings. The predicted molar refractivity (Wildman–Crippen MR) is 100 cm³/mol. The molecule has 0 aliphatic carbocycles. The highest BCUT2D eigenvalue weighted by Crippen LogP contribution is 2.32. The second kappa shape index (κ2) is 8.94. The lowest BCUT2D eigenvalue weighted by Gasteiger charge is -2.04. The summed E-state index contributed by atoms with van der Waals surface area (Å²) in [5.74, 6) is 0.701. The zero-order valence-corrected chi connectivity index (χ0v) is 14.8. The maximum atomic E-state index is 9.62. The van der Waals surface area contributed by atoms with Gasteiger partial charge in [0.05, 0.1) is 12.4 Å². The molecule has 0 aliphatic heterocycles. The smallest absolute Gasteiger partial charge is 0.316 e. The molecule has 2 aromatic carbocycles. The van der Waals surface area contributed by atoms with Crippen LogP contribution in [0.25, 0.3) is 22.6 Å². The van der Waals surface area contributed by atoms with Crippen molar-refractivity contribution in [1.29, 1.82) is 0 Å². The number of benzene rings is 2. The fourth-order valence-corrected chi connectivity index (χ4v) is 2.02. The molecule has 3 aromatic rings. The number of carboxylic acids is 1. The number of carboxylic acid groups (broad SMARTS) is 1. The van der Waals surface area contributed by atoms with Gasteiger partial charge in [0, 0.05) is 11.1 Å². The van der Waals surface area contributed by atoms with Crippen molar-refractivity contribution >= 4 is 18.6 Å². The number of ether oxygens (including phenoxy) is 1. The molecular weight excluding hydrogens is 338 g/mol. The van der Waals surface area contributed by atoms with Gasteiger partial charge in [-0.25, -0.2) is 4.98 Å². The lowest BCUT2D eigenvalue weighted by atomic mass is 10.1. The number of hydrogen-bond donors (Lipinski definition) is 2. The quantitative estimate of drug-likeness (QED) is 0.677. The molecule has 5 nitrogen and oxygen atoms in total. The van der Waals surface area contributed by atoms with E-state index in [0.29, 0.717) is 0 Å². The van der Waals surface area contributed by atoms with Crippen molar-refractivity contribution in [1.82, 2.24) is 4.98 Å². The van der Waals surface area contributed by atoms with Crippen molar-refractivity contribution in [3.63, 3.8) is 0 Å². The van der Waals surface area contributed by atoms with Crippen LogP contribution in [0.15, 0.2) is 65.4 Å². The van der Waals surface area contributed by atoms with E-state index >= 15 is 0 Å². The van der Waals surface area contributed by atoms with Gasteiger partial charge in [-0.15, -0.1) is 0 Å². The van der Waals surface area contributed by atoms with Gasteiger partial charge in [-0.05, 0) is 19.1 Å². The van der Waals surface area contributed by atoms with E-state index in [1.54, 1.807) is 7.11 Å². The predicted octanol–water partition coefficient (Wildman–Crippen LogP) is 4.41. The first-order valence-electron chi connectivity index (χ1n) is 7.57. The van der Waals surface area contributed by atoms with Crippen molar-refractivity contribution in [2.75, 3.05) is 7.11 Å². The molecule has 1 N–H and O–H groups in total. The summed E-state index contributed by atoms with van der Waals surface area (Å²) in [6.45, 7) is 1.51. The number of methoxy groups -OCH3 is 1. The Bertz CT molecular complexity index is 815. The lowest BCUT2D eigenvalue weighted by Crippen LogP contribution is -2.06. The molecule has 1 unspecified atom stereocenters. The largest absolute Gasteiger partial charge is 0.497 e. The molecule has 0 amide bonds. The topological polar surface area (TPSA) is 72.6 Å². The molecule has 0 saturated carbocycles. The van der Waals surface area contributed by atoms with Crippen molar-refractivity contribution < 1.29 is 19.1 Å². The molecule has 1 atom stereocenters. The van der Waals surface area contributed by atoms with Crippen molar-refractivity contribution in [2.24, 2.45) is 0 Å². The number of oxazole rings is 1. The normalized spacial score (nSPS) is 11.2. The summed E-state index contributed by atoms with van der Waals surface area (Å²) in [6, 6.07) is 17.7. The molecule has 0 radical (unpaired) electrons. The summed E-state index contributed by atoms with van der Waals surface area (Å²) in [4.78, 5) is 13.9. The monoisotopic (exact) mass is 357 g/mol. The number of rotatable bonds is 4. The summed E-state index contributed by atoms with van der Waals surface area (Å²) < 4.78 is 10.8. The van der Waals surface area contributed by atoms with E-state index in [2.05, 4.69) is 17.6 Å². The molecule has 3 rings (SSSR count). The van der Waals surface area contributed by atoms with Crippen molar-refractivity contribution in [2.45, 2.75) is 12.2 Å². The molecule has 0 bridgehead atoms. The summed E-state index contributed by atoms with van der Waals surface area (Å²) in [5, 5.41) is 7.38. The van der Waals surface area contributed by atoms with E-state index < -0.39 is 11.2 Å². The highest BCUT2D eigenvalue weighted by molar-refractivity contribution is 7.81. The van der Waals surface area contributed by atoms with Crippen LogP contribution in [-0.4, -0.2) is 28.4 Å². The molecular formula is C19H19NO4S. The maximum absolute atomic E-state index is 9.62. The standard InChI is InChI=1S/C16H13NO2.C3H6O2S/c1-18-14-9-5-8-13(10-14)15-16(19-11-17-15)12-6-3-2-4-7-12;1-2(6)3(4)5/h2-11H,1H3;2,6H,1H3,(H,4,5). The Morgan fingerprint density at radius 3 is 2.40 bits per heavy atom. The van der Waals surface area contributed by atoms with Gasteiger partial charge in [-0.1, -0.05) is 42.5 Å². The third kappa shape index (κ3) is 5.12. The first kappa shape index (κ1) is 18.6. The maximum Gasteiger partial charge on any atom is 0.316 e. The number of aromatic nitrogens is 1. The van der Waals surface area contributed by atoms with Crippen molar-refractivity contribution in [3.8, 4) is 28.3 Å². The summed E-state index contributed by atoms with van der Waals surface area (Å²) in [6.07, 6.45) is 1.47. The Morgan fingerprint density at radius 2 is 1.80 bits per heavy atom. The van der Waals surface area contributed by atoms with E-state index in [-0.39, 0.29) is 0 Å². The van der Waals surface area contributed by atoms with Gasteiger partial charge < -0.3 is 14.3 Å². The minimum atomic E-state index is -0.877. The third-order valence-electron chi connectivity index (χ3n) is 3.30. The van der Waals surface area contributed by atoms with Crippen molar-refractivity contribution in [3.05, 3.63) is 61.0 Å². The Morgan fingerprint density at radius 1 is 1.16 bits per heavy atom. The van der Waals surface area contributed by atoms with Gasteiger partial charge in [-0.2, -0.15) is 12.6 Å². The number of nitrogens with zero attached hydrogens (tertiary/aromatic N) is 1. The number of aliphatic carboxylic acids is 1. The molecule has 6 heteroatoms. The van der Waals surface area contributed by atoms with E-state index in [9.17, 15) is 4.79 Å². The van der Waals surface area contributed by atoms with Gasteiger partial charge in [0.2, 0.25) is 0 Å². The highest BCUT2D eigenvalue weighted by atomic mass is 32.1. The van der Waals surface area contributed by atoms with E-state index in [1.807, 2.05) is 54.6 Å². The molecule has 0 aliphatic rings. The lowest BCUT2D eigenvalue weighted by molar-refractivity contribution is -0.136. The van der Waals surface area contributed by atoms with Crippen LogP contribution in [0.2, 0.25) is 0 Å². The zero-order chi connectivity index (χ0) is 18.2. The fraction of sp³-hybridized carbons (Fsp3) is 0.158. The molecule has 0 saturated heterocycles. The average Bonchev–Trinajstić information content (AvgIpc) is 3.13. The van der Waals surface area contributed by atoms with Gasteiger partial charge in [0.15, 0.2) is 12.2 Å². The zero-order valence-electron chi connectivity index (χ0n) is 13.9. The number of thiol groups is 1. The number of hydrogen-bond acceptors (Lipinski definition) is 5. The van der Waals surface area contributed by atoms with E-state index in [0.717, 1.165) is 28.3 Å². The Hall–Kier alpha value is -2.73. The SMILES string of the molecule is CC(S)C(=O)O.COc1cccc(-c2ncoc2-c2ccccc2)c1. The Labute approximate surface area is 151 Å². The molecule has 0 spiro atoms. The third-order valence-corrected chi connectivity index (χ3v) is 3.52. The van der Waals surface area contributed by atoms with Crippen LogP contribution in [0.3, 0.4) is 0 Å². The summed E-state index contributed by atoms with van der Waals surface area (Å²) in [7, 11) is 1.65. The Balaban J connectivity index is 0.000000326. The van der Waals surface area contributed by atoms with E-state index in [1.165, 1.54) is 13.3 Å².